The molecule has 1 saturated heterocycles. The molecule has 3 N–H and O–H groups in total. The first kappa shape index (κ1) is 23.8. The first-order valence-electron chi connectivity index (χ1n) is 12.3. The van der Waals surface area contributed by atoms with Gasteiger partial charge in [0.15, 0.2) is 0 Å². The number of hydrogen-bond donors (Lipinski definition) is 3. The van der Waals surface area contributed by atoms with Crippen molar-refractivity contribution in [3.8, 4) is 0 Å². The van der Waals surface area contributed by atoms with Crippen molar-refractivity contribution in [3.05, 3.63) is 59.3 Å². The number of piperidine rings is 1. The minimum Gasteiger partial charge on any atom is -0.347 e. The van der Waals surface area contributed by atoms with Crippen LogP contribution in [0.25, 0.3) is 10.9 Å². The van der Waals surface area contributed by atoms with Crippen molar-refractivity contribution in [1.82, 2.24) is 25.3 Å². The van der Waals surface area contributed by atoms with Crippen molar-refractivity contribution in [2.45, 2.75) is 44.1 Å². The molecular formula is C27H32N6O3. The summed E-state index contributed by atoms with van der Waals surface area (Å²) in [5, 5.41) is 14.0. The second kappa shape index (κ2) is 9.29. The van der Waals surface area contributed by atoms with Crippen LogP contribution in [0.15, 0.2) is 42.6 Å². The monoisotopic (exact) mass is 488 g/mol. The van der Waals surface area contributed by atoms with Gasteiger partial charge in [-0.3, -0.25) is 14.7 Å². The number of rotatable bonds is 4. The number of aryl methyl sites for hydroxylation is 1. The molecule has 3 aromatic rings. The van der Waals surface area contributed by atoms with Crippen LogP contribution in [0.3, 0.4) is 0 Å². The predicted octanol–water partition coefficient (Wildman–Crippen LogP) is 2.96. The van der Waals surface area contributed by atoms with Crippen LogP contribution in [-0.2, 0) is 21.4 Å². The molecule has 4 amide bonds. The first-order chi connectivity index (χ1) is 17.3. The maximum atomic E-state index is 13.3. The molecule has 1 unspecified atom stereocenters. The van der Waals surface area contributed by atoms with E-state index in [0.717, 1.165) is 33.3 Å². The summed E-state index contributed by atoms with van der Waals surface area (Å²) in [5.41, 5.74) is 4.73. The number of amides is 4. The molecule has 1 fully saturated rings. The van der Waals surface area contributed by atoms with Gasteiger partial charge in [0.1, 0.15) is 6.04 Å². The van der Waals surface area contributed by atoms with Gasteiger partial charge in [-0.05, 0) is 48.6 Å². The number of aromatic amines is 1. The molecule has 9 heteroatoms. The number of hydrogen-bond acceptors (Lipinski definition) is 4. The Bertz CT molecular complexity index is 1320. The second-order valence-corrected chi connectivity index (χ2v) is 10.2. The third-order valence-corrected chi connectivity index (χ3v) is 7.56. The Hall–Kier alpha value is -3.88. The summed E-state index contributed by atoms with van der Waals surface area (Å²) in [6.45, 7) is 3.05. The van der Waals surface area contributed by atoms with Crippen LogP contribution in [0.5, 0.6) is 0 Å². The lowest BCUT2D eigenvalue weighted by Crippen LogP contribution is -2.55. The largest absolute Gasteiger partial charge is 0.347 e. The van der Waals surface area contributed by atoms with Crippen LogP contribution in [0.2, 0.25) is 0 Å². The molecule has 36 heavy (non-hydrogen) atoms. The summed E-state index contributed by atoms with van der Waals surface area (Å²) in [5.74, 6) is -0.132. The van der Waals surface area contributed by atoms with Crippen molar-refractivity contribution in [2.24, 2.45) is 0 Å². The van der Waals surface area contributed by atoms with E-state index in [1.165, 1.54) is 4.90 Å². The standard InChI is InChI=1S/C27H32N6O3/c1-17-12-18(13-19-16-28-31-24(17)19)14-22(25(35)32(2)3)30-26(36)33-10-8-27(9-11-33)15-23(34)29-21-7-5-4-6-20(21)27/h4-7,12-13,16,22H,8-11,14-15H2,1-3H3,(H,28,31)(H,29,34)(H,30,36). The molecule has 3 heterocycles. The molecule has 0 radical (unpaired) electrons. The molecule has 188 valence electrons. The molecular weight excluding hydrogens is 456 g/mol. The maximum Gasteiger partial charge on any atom is 0.318 e. The summed E-state index contributed by atoms with van der Waals surface area (Å²) in [7, 11) is 3.39. The number of H-pyrrole nitrogens is 1. The average Bonchev–Trinajstić information content (AvgIpc) is 3.33. The van der Waals surface area contributed by atoms with E-state index < -0.39 is 6.04 Å². The fraction of sp³-hybridized carbons (Fsp3) is 0.407. The molecule has 0 aliphatic carbocycles. The van der Waals surface area contributed by atoms with E-state index in [4.69, 9.17) is 0 Å². The number of nitrogens with zero attached hydrogens (tertiary/aromatic N) is 3. The normalized spacial score (nSPS) is 17.4. The highest BCUT2D eigenvalue weighted by Crippen LogP contribution is 2.44. The van der Waals surface area contributed by atoms with Crippen molar-refractivity contribution < 1.29 is 14.4 Å². The van der Waals surface area contributed by atoms with Gasteiger partial charge in [0.2, 0.25) is 11.8 Å². The van der Waals surface area contributed by atoms with Gasteiger partial charge in [-0.15, -0.1) is 0 Å². The van der Waals surface area contributed by atoms with Crippen molar-refractivity contribution >= 4 is 34.4 Å². The molecule has 2 aliphatic heterocycles. The van der Waals surface area contributed by atoms with Crippen LogP contribution in [0.1, 0.15) is 36.0 Å². The fourth-order valence-electron chi connectivity index (χ4n) is 5.65. The van der Waals surface area contributed by atoms with Crippen LogP contribution in [0.4, 0.5) is 10.5 Å². The van der Waals surface area contributed by atoms with Crippen molar-refractivity contribution in [3.63, 3.8) is 0 Å². The molecule has 1 spiro atoms. The summed E-state index contributed by atoms with van der Waals surface area (Å²) in [6.07, 6.45) is 3.98. The van der Waals surface area contributed by atoms with Crippen LogP contribution < -0.4 is 10.6 Å². The Kier molecular flexibility index (Phi) is 6.15. The SMILES string of the molecule is Cc1cc(CC(NC(=O)N2CCC3(CC2)CC(=O)Nc2ccccc23)C(=O)N(C)C)cc2cn[nH]c12. The minimum atomic E-state index is -0.687. The lowest BCUT2D eigenvalue weighted by molar-refractivity contribution is -0.130. The van der Waals surface area contributed by atoms with Gasteiger partial charge in [0.05, 0.1) is 11.7 Å². The van der Waals surface area contributed by atoms with Crippen LogP contribution >= 0.6 is 0 Å². The highest BCUT2D eigenvalue weighted by molar-refractivity contribution is 5.95. The molecule has 2 aliphatic rings. The smallest absolute Gasteiger partial charge is 0.318 e. The molecule has 0 saturated carbocycles. The van der Waals surface area contributed by atoms with Gasteiger partial charge in [0, 0.05) is 56.5 Å². The van der Waals surface area contributed by atoms with Crippen LogP contribution in [0, 0.1) is 6.92 Å². The van der Waals surface area contributed by atoms with Gasteiger partial charge >= 0.3 is 6.03 Å². The van der Waals surface area contributed by atoms with Gasteiger partial charge in [-0.2, -0.15) is 5.10 Å². The number of urea groups is 1. The zero-order valence-corrected chi connectivity index (χ0v) is 20.9. The van der Waals surface area contributed by atoms with Crippen molar-refractivity contribution in [1.29, 1.82) is 0 Å². The second-order valence-electron chi connectivity index (χ2n) is 10.2. The van der Waals surface area contributed by atoms with Crippen molar-refractivity contribution in [2.75, 3.05) is 32.5 Å². The zero-order chi connectivity index (χ0) is 25.4. The Labute approximate surface area is 210 Å². The lowest BCUT2D eigenvalue weighted by Gasteiger charge is -2.45. The van der Waals surface area contributed by atoms with E-state index in [1.807, 2.05) is 37.3 Å². The Morgan fingerprint density at radius 3 is 2.69 bits per heavy atom. The Balaban J connectivity index is 1.30. The molecule has 0 bridgehead atoms. The summed E-state index contributed by atoms with van der Waals surface area (Å²) < 4.78 is 0. The van der Waals surface area contributed by atoms with Gasteiger partial charge < -0.3 is 20.4 Å². The lowest BCUT2D eigenvalue weighted by atomic mass is 9.68. The summed E-state index contributed by atoms with van der Waals surface area (Å²) in [4.78, 5) is 42.0. The van der Waals surface area contributed by atoms with E-state index in [-0.39, 0.29) is 23.3 Å². The minimum absolute atomic E-state index is 0.0214. The van der Waals surface area contributed by atoms with Gasteiger partial charge in [-0.1, -0.05) is 24.3 Å². The van der Waals surface area contributed by atoms with Gasteiger partial charge in [0.25, 0.3) is 0 Å². The number of aromatic nitrogens is 2. The van der Waals surface area contributed by atoms with Gasteiger partial charge in [-0.25, -0.2) is 4.79 Å². The highest BCUT2D eigenvalue weighted by Gasteiger charge is 2.43. The average molecular weight is 489 g/mol. The fourth-order valence-corrected chi connectivity index (χ4v) is 5.65. The number of para-hydroxylation sites is 1. The number of likely N-dealkylation sites (tertiary alicyclic amines) is 1. The zero-order valence-electron chi connectivity index (χ0n) is 20.9. The number of carbonyl (C=O) groups excluding carboxylic acids is 3. The first-order valence-corrected chi connectivity index (χ1v) is 12.3. The molecule has 5 rings (SSSR count). The number of nitrogens with one attached hydrogen (secondary N) is 3. The summed E-state index contributed by atoms with van der Waals surface area (Å²) in [6, 6.07) is 11.0. The number of anilines is 1. The third-order valence-electron chi connectivity index (χ3n) is 7.56. The molecule has 2 aromatic carbocycles. The van der Waals surface area contributed by atoms with E-state index >= 15 is 0 Å². The Morgan fingerprint density at radius 2 is 1.94 bits per heavy atom. The Morgan fingerprint density at radius 1 is 1.19 bits per heavy atom. The predicted molar refractivity (Wildman–Crippen MR) is 138 cm³/mol. The number of carbonyl (C=O) groups is 3. The molecule has 9 nitrogen and oxygen atoms in total. The number of benzene rings is 2. The quantitative estimate of drug-likeness (QED) is 0.524. The van der Waals surface area contributed by atoms with E-state index in [0.29, 0.717) is 38.8 Å². The maximum absolute atomic E-state index is 13.3. The van der Waals surface area contributed by atoms with Crippen LogP contribution in [-0.4, -0.2) is 71.1 Å². The van der Waals surface area contributed by atoms with E-state index in [2.05, 4.69) is 26.9 Å². The summed E-state index contributed by atoms with van der Waals surface area (Å²) >= 11 is 0. The van der Waals surface area contributed by atoms with E-state index in [1.54, 1.807) is 25.2 Å². The number of fused-ring (bicyclic) bond motifs is 3. The number of likely N-dealkylation sites (N-methyl/N-ethyl adjacent to an activating group) is 1. The molecule has 1 atom stereocenters. The third kappa shape index (κ3) is 4.41. The highest BCUT2D eigenvalue weighted by atomic mass is 16.2. The van der Waals surface area contributed by atoms with E-state index in [9.17, 15) is 14.4 Å². The topological polar surface area (TPSA) is 110 Å². The molecule has 1 aromatic heterocycles.